The molecule has 2 aromatic rings. The first kappa shape index (κ1) is 19.1. The zero-order chi connectivity index (χ0) is 19.7. The summed E-state index contributed by atoms with van der Waals surface area (Å²) in [5.74, 6) is -0.932. The van der Waals surface area contributed by atoms with Gasteiger partial charge in [-0.2, -0.15) is 0 Å². The van der Waals surface area contributed by atoms with Gasteiger partial charge < -0.3 is 19.1 Å². The maximum absolute atomic E-state index is 13.2. The molecular weight excluding hydrogens is 426 g/mol. The monoisotopic (exact) mass is 445 g/mol. The molecule has 4 rings (SSSR count). The number of hydrogen-bond acceptors (Lipinski definition) is 5. The molecule has 2 aliphatic heterocycles. The highest BCUT2D eigenvalue weighted by molar-refractivity contribution is 9.10. The van der Waals surface area contributed by atoms with E-state index >= 15 is 0 Å². The lowest BCUT2D eigenvalue weighted by Gasteiger charge is -2.32. The molecule has 7 heteroatoms. The molecule has 1 saturated heterocycles. The van der Waals surface area contributed by atoms with E-state index in [9.17, 15) is 9.59 Å². The summed E-state index contributed by atoms with van der Waals surface area (Å²) in [6.07, 6.45) is 0.762. The van der Waals surface area contributed by atoms with Gasteiger partial charge >= 0.3 is 0 Å². The smallest absolute Gasteiger partial charge is 0.292 e. The van der Waals surface area contributed by atoms with Crippen molar-refractivity contribution in [2.45, 2.75) is 19.1 Å². The molecule has 146 valence electrons. The molecule has 0 atom stereocenters. The highest BCUT2D eigenvalue weighted by Crippen LogP contribution is 2.46. The van der Waals surface area contributed by atoms with Crippen LogP contribution in [0, 0.1) is 0 Å². The quantitative estimate of drug-likeness (QED) is 0.656. The summed E-state index contributed by atoms with van der Waals surface area (Å²) in [5, 5.41) is 0. The minimum absolute atomic E-state index is 0.00904. The summed E-state index contributed by atoms with van der Waals surface area (Å²) in [6.45, 7) is 3.14. The fourth-order valence-electron chi connectivity index (χ4n) is 3.48. The molecule has 1 amide bonds. The number of ether oxygens (including phenoxy) is 3. The Balaban J connectivity index is 1.50. The Hall–Kier alpha value is -2.22. The number of anilines is 1. The number of halogens is 1. The van der Waals surface area contributed by atoms with E-state index in [0.29, 0.717) is 37.7 Å². The summed E-state index contributed by atoms with van der Waals surface area (Å²) in [5.41, 5.74) is 2.12. The molecule has 0 saturated carbocycles. The van der Waals surface area contributed by atoms with Crippen molar-refractivity contribution in [1.29, 1.82) is 0 Å². The number of amides is 1. The lowest BCUT2D eigenvalue weighted by Crippen LogP contribution is -2.48. The van der Waals surface area contributed by atoms with E-state index in [1.54, 1.807) is 29.2 Å². The molecule has 0 bridgehead atoms. The molecule has 6 nitrogen and oxygen atoms in total. The van der Waals surface area contributed by atoms with Gasteiger partial charge in [0, 0.05) is 15.6 Å². The normalized spacial score (nSPS) is 17.6. The Morgan fingerprint density at radius 3 is 2.57 bits per heavy atom. The van der Waals surface area contributed by atoms with Crippen LogP contribution in [0.1, 0.15) is 29.3 Å². The number of fused-ring (bicyclic) bond motifs is 2. The Morgan fingerprint density at radius 1 is 1.18 bits per heavy atom. The molecule has 0 aromatic heterocycles. The van der Waals surface area contributed by atoms with Gasteiger partial charge in [0.2, 0.25) is 0 Å². The summed E-state index contributed by atoms with van der Waals surface area (Å²) in [4.78, 5) is 26.2. The first-order valence-corrected chi connectivity index (χ1v) is 9.94. The van der Waals surface area contributed by atoms with E-state index in [-0.39, 0.29) is 11.7 Å². The average molecular weight is 446 g/mol. The molecule has 28 heavy (non-hydrogen) atoms. The molecule has 2 heterocycles. The predicted molar refractivity (Wildman–Crippen MR) is 107 cm³/mol. The zero-order valence-corrected chi connectivity index (χ0v) is 17.0. The Kier molecular flexibility index (Phi) is 5.23. The third kappa shape index (κ3) is 3.34. The van der Waals surface area contributed by atoms with Crippen LogP contribution in [0.25, 0.3) is 0 Å². The van der Waals surface area contributed by atoms with E-state index < -0.39 is 5.79 Å². The third-order valence-corrected chi connectivity index (χ3v) is 5.37. The van der Waals surface area contributed by atoms with Crippen LogP contribution in [0.15, 0.2) is 46.9 Å². The van der Waals surface area contributed by atoms with Crippen molar-refractivity contribution in [3.8, 4) is 5.75 Å². The van der Waals surface area contributed by atoms with Gasteiger partial charge in [-0.25, -0.2) is 0 Å². The lowest BCUT2D eigenvalue weighted by molar-refractivity contribution is -0.256. The van der Waals surface area contributed by atoms with Crippen LogP contribution in [0.4, 0.5) is 5.69 Å². The summed E-state index contributed by atoms with van der Waals surface area (Å²) in [7, 11) is 0. The third-order valence-electron chi connectivity index (χ3n) is 4.87. The van der Waals surface area contributed by atoms with Crippen LogP contribution < -0.4 is 9.64 Å². The number of carbonyl (C=O) groups excluding carboxylic acids is 2. The van der Waals surface area contributed by atoms with E-state index in [1.165, 1.54) is 6.92 Å². The molecule has 1 spiro atoms. The van der Waals surface area contributed by atoms with Crippen molar-refractivity contribution in [2.75, 3.05) is 31.3 Å². The van der Waals surface area contributed by atoms with Gasteiger partial charge in [0.15, 0.2) is 5.78 Å². The Bertz CT molecular complexity index is 906. The predicted octanol–water partition coefficient (Wildman–Crippen LogP) is 3.67. The van der Waals surface area contributed by atoms with Gasteiger partial charge in [0.05, 0.1) is 25.4 Å². The summed E-state index contributed by atoms with van der Waals surface area (Å²) >= 11 is 3.46. The van der Waals surface area contributed by atoms with Crippen molar-refractivity contribution in [3.05, 3.63) is 58.1 Å². The van der Waals surface area contributed by atoms with Gasteiger partial charge in [-0.1, -0.05) is 15.9 Å². The minimum Gasteiger partial charge on any atom is -0.492 e. The maximum atomic E-state index is 13.2. The number of Topliss-reactive ketones (excluding diaryl/α,β-unsaturated/α-hetero) is 1. The summed E-state index contributed by atoms with van der Waals surface area (Å²) in [6, 6.07) is 12.6. The molecule has 2 aromatic carbocycles. The fraction of sp³-hybridized carbons (Fsp3) is 0.333. The van der Waals surface area contributed by atoms with Crippen LogP contribution in [0.2, 0.25) is 0 Å². The SMILES string of the molecule is CC(=O)c1ccc(OCCN2C(=O)C3(OCCCO3)c3cc(Br)ccc32)cc1. The lowest BCUT2D eigenvalue weighted by atomic mass is 10.1. The van der Waals surface area contributed by atoms with Crippen LogP contribution in [0.5, 0.6) is 5.75 Å². The van der Waals surface area contributed by atoms with Gasteiger partial charge in [0.1, 0.15) is 12.4 Å². The Labute approximate surface area is 171 Å². The van der Waals surface area contributed by atoms with Gasteiger partial charge in [-0.05, 0) is 55.8 Å². The van der Waals surface area contributed by atoms with Gasteiger partial charge in [-0.3, -0.25) is 9.59 Å². The van der Waals surface area contributed by atoms with Crippen LogP contribution in [-0.2, 0) is 20.1 Å². The van der Waals surface area contributed by atoms with E-state index in [4.69, 9.17) is 14.2 Å². The fourth-order valence-corrected chi connectivity index (χ4v) is 3.84. The molecule has 0 radical (unpaired) electrons. The first-order valence-electron chi connectivity index (χ1n) is 9.15. The second-order valence-corrected chi connectivity index (χ2v) is 7.63. The zero-order valence-electron chi connectivity index (χ0n) is 15.4. The molecule has 0 unspecified atom stereocenters. The van der Waals surface area contributed by atoms with Crippen molar-refractivity contribution >= 4 is 33.3 Å². The van der Waals surface area contributed by atoms with Crippen molar-refractivity contribution in [2.24, 2.45) is 0 Å². The van der Waals surface area contributed by atoms with Crippen molar-refractivity contribution < 1.29 is 23.8 Å². The standard InChI is InChI=1S/C21H20BrNO5/c1-14(24)15-3-6-17(7-4-15)26-12-9-23-19-8-5-16(22)13-18(19)21(20(23)25)27-10-2-11-28-21/h3-8,13H,2,9-12H2,1H3. The topological polar surface area (TPSA) is 65.1 Å². The number of nitrogens with zero attached hydrogens (tertiary/aromatic N) is 1. The molecular formula is C21H20BrNO5. The van der Waals surface area contributed by atoms with Crippen LogP contribution in [-0.4, -0.2) is 38.1 Å². The average Bonchev–Trinajstić information content (AvgIpc) is 2.91. The molecule has 0 aliphatic carbocycles. The highest BCUT2D eigenvalue weighted by Gasteiger charge is 2.54. The second kappa shape index (κ2) is 7.66. The van der Waals surface area contributed by atoms with Crippen LogP contribution >= 0.6 is 15.9 Å². The molecule has 0 N–H and O–H groups in total. The number of hydrogen-bond donors (Lipinski definition) is 0. The maximum Gasteiger partial charge on any atom is 0.292 e. The minimum atomic E-state index is -1.36. The van der Waals surface area contributed by atoms with E-state index in [1.807, 2.05) is 18.2 Å². The number of benzene rings is 2. The van der Waals surface area contributed by atoms with Gasteiger partial charge in [-0.15, -0.1) is 0 Å². The van der Waals surface area contributed by atoms with E-state index in [2.05, 4.69) is 15.9 Å². The van der Waals surface area contributed by atoms with Crippen molar-refractivity contribution in [3.63, 3.8) is 0 Å². The summed E-state index contributed by atoms with van der Waals surface area (Å²) < 4.78 is 18.3. The van der Waals surface area contributed by atoms with Crippen LogP contribution in [0.3, 0.4) is 0 Å². The molecule has 2 aliphatic rings. The number of carbonyl (C=O) groups is 2. The van der Waals surface area contributed by atoms with E-state index in [0.717, 1.165) is 22.1 Å². The number of ketones is 1. The Morgan fingerprint density at radius 2 is 1.89 bits per heavy atom. The highest BCUT2D eigenvalue weighted by atomic mass is 79.9. The largest absolute Gasteiger partial charge is 0.492 e. The molecule has 1 fully saturated rings. The second-order valence-electron chi connectivity index (χ2n) is 6.71. The number of rotatable bonds is 5. The van der Waals surface area contributed by atoms with Crippen molar-refractivity contribution in [1.82, 2.24) is 0 Å². The first-order chi connectivity index (χ1) is 13.5. The van der Waals surface area contributed by atoms with Gasteiger partial charge in [0.25, 0.3) is 11.7 Å².